The maximum absolute atomic E-state index is 12.5. The van der Waals surface area contributed by atoms with Gasteiger partial charge in [0.05, 0.1) is 18.2 Å². The molecule has 0 fully saturated rings. The van der Waals surface area contributed by atoms with Crippen LogP contribution in [-0.4, -0.2) is 31.2 Å². The van der Waals surface area contributed by atoms with Crippen LogP contribution in [0.25, 0.3) is 0 Å². The normalized spacial score (nSPS) is 10.3. The molecule has 0 atom stereocenters. The van der Waals surface area contributed by atoms with Crippen molar-refractivity contribution in [2.75, 3.05) is 18.5 Å². The predicted molar refractivity (Wildman–Crippen MR) is 137 cm³/mol. The van der Waals surface area contributed by atoms with E-state index in [2.05, 4.69) is 10.6 Å². The molecule has 0 unspecified atom stereocenters. The number of benzene rings is 3. The van der Waals surface area contributed by atoms with Crippen LogP contribution < -0.4 is 20.1 Å². The van der Waals surface area contributed by atoms with Crippen LogP contribution in [0.1, 0.15) is 35.7 Å². The zero-order chi connectivity index (χ0) is 25.8. The Morgan fingerprint density at radius 3 is 2.33 bits per heavy atom. The minimum atomic E-state index is -0.798. The summed E-state index contributed by atoms with van der Waals surface area (Å²) < 4.78 is 15.3. The van der Waals surface area contributed by atoms with Crippen molar-refractivity contribution in [2.24, 2.45) is 0 Å². The van der Waals surface area contributed by atoms with Crippen LogP contribution in [-0.2, 0) is 16.1 Å². The third-order valence-corrected chi connectivity index (χ3v) is 5.24. The average molecular weight is 511 g/mol. The number of ether oxygens (including phenoxy) is 3. The zero-order valence-corrected chi connectivity index (χ0v) is 20.5. The molecule has 0 saturated carbocycles. The van der Waals surface area contributed by atoms with Crippen LogP contribution in [0.2, 0.25) is 5.02 Å². The van der Waals surface area contributed by atoms with E-state index in [0.717, 1.165) is 5.56 Å². The summed E-state index contributed by atoms with van der Waals surface area (Å²) in [7, 11) is 0. The molecule has 9 heteroatoms. The highest BCUT2D eigenvalue weighted by atomic mass is 35.5. The molecule has 0 heterocycles. The number of rotatable bonds is 11. The molecule has 2 amide bonds. The van der Waals surface area contributed by atoms with Crippen molar-refractivity contribution >= 4 is 35.3 Å². The highest BCUT2D eigenvalue weighted by molar-refractivity contribution is 6.32. The van der Waals surface area contributed by atoms with E-state index in [1.165, 1.54) is 12.1 Å². The summed E-state index contributed by atoms with van der Waals surface area (Å²) in [6.07, 6.45) is 0.105. The van der Waals surface area contributed by atoms with Crippen molar-refractivity contribution in [3.05, 3.63) is 88.9 Å². The second-order valence-electron chi connectivity index (χ2n) is 7.62. The summed E-state index contributed by atoms with van der Waals surface area (Å²) >= 11 is 6.04. The van der Waals surface area contributed by atoms with Crippen molar-refractivity contribution in [3.8, 4) is 11.5 Å². The Morgan fingerprint density at radius 1 is 0.917 bits per heavy atom. The Labute approximate surface area is 214 Å². The number of hydrogen-bond donors (Lipinski definition) is 2. The number of carbonyl (C=O) groups is 3. The topological polar surface area (TPSA) is 103 Å². The van der Waals surface area contributed by atoms with Crippen molar-refractivity contribution in [3.63, 3.8) is 0 Å². The van der Waals surface area contributed by atoms with Crippen LogP contribution in [0.5, 0.6) is 11.5 Å². The molecule has 3 aromatic rings. The second kappa shape index (κ2) is 13.7. The summed E-state index contributed by atoms with van der Waals surface area (Å²) in [6, 6.07) is 20.5. The van der Waals surface area contributed by atoms with Gasteiger partial charge in [-0.2, -0.15) is 0 Å². The third kappa shape index (κ3) is 8.63. The molecule has 0 spiro atoms. The van der Waals surface area contributed by atoms with Gasteiger partial charge in [0.2, 0.25) is 5.91 Å². The standard InChI is InChI=1S/C27H27ClN2O6/c1-2-34-27(33)36-22-15-11-20(12-16-22)26(32)30-21-13-9-19(10-14-21)18-29-25(31)8-5-17-35-24-7-4-3-6-23(24)28/h3-4,6-7,9-16H,2,5,8,17-18H2,1H3,(H,29,31)(H,30,32). The van der Waals surface area contributed by atoms with Gasteiger partial charge in [0.25, 0.3) is 5.91 Å². The molecular formula is C27H27ClN2O6. The van der Waals surface area contributed by atoms with Gasteiger partial charge >= 0.3 is 6.16 Å². The Hall–Kier alpha value is -4.04. The molecule has 0 aromatic heterocycles. The molecule has 2 N–H and O–H groups in total. The van der Waals surface area contributed by atoms with Gasteiger partial charge in [0.15, 0.2) is 0 Å². The van der Waals surface area contributed by atoms with Gasteiger partial charge in [0.1, 0.15) is 11.5 Å². The minimum absolute atomic E-state index is 0.0782. The summed E-state index contributed by atoms with van der Waals surface area (Å²) in [5.74, 6) is 0.500. The quantitative estimate of drug-likeness (QED) is 0.198. The summed E-state index contributed by atoms with van der Waals surface area (Å²) in [4.78, 5) is 35.9. The number of anilines is 1. The van der Waals surface area contributed by atoms with E-state index in [0.29, 0.717) is 48.0 Å². The minimum Gasteiger partial charge on any atom is -0.492 e. The fourth-order valence-electron chi connectivity index (χ4n) is 3.09. The number of nitrogens with one attached hydrogen (secondary N) is 2. The fraction of sp³-hybridized carbons (Fsp3) is 0.222. The molecule has 3 rings (SSSR count). The van der Waals surface area contributed by atoms with Gasteiger partial charge in [-0.15, -0.1) is 0 Å². The largest absolute Gasteiger partial charge is 0.513 e. The van der Waals surface area contributed by atoms with Crippen molar-refractivity contribution in [1.29, 1.82) is 0 Å². The molecule has 0 bridgehead atoms. The molecule has 8 nitrogen and oxygen atoms in total. The summed E-state index contributed by atoms with van der Waals surface area (Å²) in [5.41, 5.74) is 1.91. The van der Waals surface area contributed by atoms with E-state index in [1.807, 2.05) is 24.3 Å². The van der Waals surface area contributed by atoms with Crippen molar-refractivity contribution < 1.29 is 28.6 Å². The Morgan fingerprint density at radius 2 is 1.64 bits per heavy atom. The van der Waals surface area contributed by atoms with E-state index in [9.17, 15) is 14.4 Å². The Kier molecular flexibility index (Phi) is 10.1. The SMILES string of the molecule is CCOC(=O)Oc1ccc(C(=O)Nc2ccc(CNC(=O)CCCOc3ccccc3Cl)cc2)cc1. The highest BCUT2D eigenvalue weighted by Gasteiger charge is 2.09. The van der Waals surface area contributed by atoms with E-state index in [-0.39, 0.29) is 24.2 Å². The van der Waals surface area contributed by atoms with Gasteiger partial charge in [-0.25, -0.2) is 4.79 Å². The molecular weight excluding hydrogens is 484 g/mol. The average Bonchev–Trinajstić information content (AvgIpc) is 2.87. The Bertz CT molecular complexity index is 1170. The van der Waals surface area contributed by atoms with Crippen molar-refractivity contribution in [2.45, 2.75) is 26.3 Å². The lowest BCUT2D eigenvalue weighted by atomic mass is 10.1. The molecule has 0 aliphatic rings. The number of carbonyl (C=O) groups excluding carboxylic acids is 3. The zero-order valence-electron chi connectivity index (χ0n) is 19.8. The molecule has 0 aliphatic carbocycles. The van der Waals surface area contributed by atoms with E-state index in [4.69, 9.17) is 25.8 Å². The molecule has 0 aliphatic heterocycles. The monoisotopic (exact) mass is 510 g/mol. The maximum Gasteiger partial charge on any atom is 0.513 e. The van der Waals surface area contributed by atoms with E-state index >= 15 is 0 Å². The lowest BCUT2D eigenvalue weighted by Crippen LogP contribution is -2.23. The second-order valence-corrected chi connectivity index (χ2v) is 8.03. The molecule has 0 radical (unpaired) electrons. The van der Waals surface area contributed by atoms with Gasteiger partial charge < -0.3 is 24.8 Å². The van der Waals surface area contributed by atoms with Gasteiger partial charge in [-0.1, -0.05) is 35.9 Å². The first-order chi connectivity index (χ1) is 17.4. The van der Waals surface area contributed by atoms with Crippen LogP contribution in [0.3, 0.4) is 0 Å². The first-order valence-electron chi connectivity index (χ1n) is 11.4. The lowest BCUT2D eigenvalue weighted by molar-refractivity contribution is -0.121. The third-order valence-electron chi connectivity index (χ3n) is 4.92. The van der Waals surface area contributed by atoms with Crippen LogP contribution in [0, 0.1) is 0 Å². The number of hydrogen-bond acceptors (Lipinski definition) is 6. The predicted octanol–water partition coefficient (Wildman–Crippen LogP) is 5.60. The maximum atomic E-state index is 12.5. The molecule has 188 valence electrons. The highest BCUT2D eigenvalue weighted by Crippen LogP contribution is 2.23. The van der Waals surface area contributed by atoms with E-state index < -0.39 is 6.16 Å². The smallest absolute Gasteiger partial charge is 0.492 e. The summed E-state index contributed by atoms with van der Waals surface area (Å²) in [5, 5.41) is 6.21. The molecule has 36 heavy (non-hydrogen) atoms. The lowest BCUT2D eigenvalue weighted by Gasteiger charge is -2.09. The van der Waals surface area contributed by atoms with Crippen LogP contribution in [0.4, 0.5) is 10.5 Å². The van der Waals surface area contributed by atoms with E-state index in [1.54, 1.807) is 43.3 Å². The molecule has 0 saturated heterocycles. The first kappa shape index (κ1) is 26.6. The van der Waals surface area contributed by atoms with Crippen molar-refractivity contribution in [1.82, 2.24) is 5.32 Å². The van der Waals surface area contributed by atoms with Crippen LogP contribution in [0.15, 0.2) is 72.8 Å². The van der Waals surface area contributed by atoms with Gasteiger partial charge in [0, 0.05) is 24.2 Å². The van der Waals surface area contributed by atoms with Gasteiger partial charge in [-0.3, -0.25) is 9.59 Å². The fourth-order valence-corrected chi connectivity index (χ4v) is 3.28. The number of amides is 2. The number of para-hydroxylation sites is 1. The van der Waals surface area contributed by atoms with Gasteiger partial charge in [-0.05, 0) is 67.4 Å². The summed E-state index contributed by atoms with van der Waals surface area (Å²) in [6.45, 7) is 2.66. The van der Waals surface area contributed by atoms with Crippen LogP contribution >= 0.6 is 11.6 Å². The first-order valence-corrected chi connectivity index (χ1v) is 11.8. The Balaban J connectivity index is 1.38. The number of halogens is 1. The molecule has 3 aromatic carbocycles.